The summed E-state index contributed by atoms with van der Waals surface area (Å²) in [5.74, 6) is 1.61. The topological polar surface area (TPSA) is 57.5 Å². The van der Waals surface area contributed by atoms with E-state index < -0.39 is 7.34 Å². The minimum Gasteiger partial charge on any atom is -0.457 e. The van der Waals surface area contributed by atoms with Crippen molar-refractivity contribution in [3.05, 3.63) is 104 Å². The van der Waals surface area contributed by atoms with E-state index in [0.29, 0.717) is 6.54 Å². The van der Waals surface area contributed by atoms with Crippen molar-refractivity contribution in [2.45, 2.75) is 6.54 Å². The van der Waals surface area contributed by atoms with Crippen molar-refractivity contribution in [3.8, 4) is 28.3 Å². The Morgan fingerprint density at radius 3 is 1.84 bits per heavy atom. The van der Waals surface area contributed by atoms with Gasteiger partial charge >= 0.3 is 0 Å². The minimum atomic E-state index is -2.99. The van der Waals surface area contributed by atoms with Crippen molar-refractivity contribution in [1.82, 2.24) is 0 Å². The van der Waals surface area contributed by atoms with Gasteiger partial charge in [0.25, 0.3) is 0 Å². The smallest absolute Gasteiger partial charge is 0.210 e. The number of nitrogens with zero attached hydrogens (tertiary/aromatic N) is 2. The molecule has 0 atom stereocenters. The van der Waals surface area contributed by atoms with Crippen molar-refractivity contribution in [2.75, 3.05) is 6.16 Å². The predicted molar refractivity (Wildman–Crippen MR) is 123 cm³/mol. The molecule has 5 nitrogen and oxygen atoms in total. The number of hydrogen-bond acceptors (Lipinski definition) is 3. The van der Waals surface area contributed by atoms with Crippen LogP contribution in [-0.4, -0.2) is 22.2 Å². The van der Waals surface area contributed by atoms with Gasteiger partial charge in [-0.1, -0.05) is 24.5 Å². The Labute approximate surface area is 182 Å². The minimum absolute atomic E-state index is 0.275. The summed E-state index contributed by atoms with van der Waals surface area (Å²) in [6, 6.07) is 25.9. The van der Waals surface area contributed by atoms with Crippen LogP contribution in [0, 0.1) is 0 Å². The Hall–Kier alpha value is -3.24. The summed E-state index contributed by atoms with van der Waals surface area (Å²) in [7, 11) is -2.99. The fourth-order valence-corrected chi connectivity index (χ4v) is 3.73. The van der Waals surface area contributed by atoms with Gasteiger partial charge in [-0.05, 0) is 35.4 Å². The third kappa shape index (κ3) is 5.89. The number of benzene rings is 2. The molecule has 2 aromatic heterocycles. The first kappa shape index (κ1) is 21.0. The zero-order valence-corrected chi connectivity index (χ0v) is 18.0. The van der Waals surface area contributed by atoms with Crippen molar-refractivity contribution in [1.29, 1.82) is 0 Å². The van der Waals surface area contributed by atoms with Gasteiger partial charge in [-0.2, -0.15) is 4.57 Å². The molecule has 0 saturated heterocycles. The summed E-state index contributed by atoms with van der Waals surface area (Å²) in [6.07, 6.45) is 11.6. The normalized spacial score (nSPS) is 11.3. The quantitative estimate of drug-likeness (QED) is 0.343. The van der Waals surface area contributed by atoms with Crippen LogP contribution >= 0.6 is 7.34 Å². The van der Waals surface area contributed by atoms with E-state index in [1.54, 1.807) is 0 Å². The molecule has 6 heteroatoms. The van der Waals surface area contributed by atoms with Gasteiger partial charge in [0.1, 0.15) is 18.8 Å². The van der Waals surface area contributed by atoms with Crippen LogP contribution < -0.4 is 13.9 Å². The van der Waals surface area contributed by atoms with Gasteiger partial charge in [-0.15, -0.1) is 0 Å². The van der Waals surface area contributed by atoms with Gasteiger partial charge in [-0.3, -0.25) is 0 Å². The van der Waals surface area contributed by atoms with Crippen LogP contribution in [0.3, 0.4) is 0 Å². The Morgan fingerprint density at radius 1 is 0.710 bits per heavy atom. The first-order valence-corrected chi connectivity index (χ1v) is 12.0. The number of aromatic nitrogens is 2. The molecular weight excluding hydrogens is 407 g/mol. The molecule has 2 N–H and O–H groups in total. The molecule has 31 heavy (non-hydrogen) atoms. The number of aryl methyl sites for hydroxylation is 1. The Bertz CT molecular complexity index is 1170. The van der Waals surface area contributed by atoms with Crippen LogP contribution in [0.15, 0.2) is 104 Å². The predicted octanol–water partition coefficient (Wildman–Crippen LogP) is 3.97. The van der Waals surface area contributed by atoms with E-state index in [4.69, 9.17) is 4.74 Å². The van der Waals surface area contributed by atoms with E-state index >= 15 is 0 Å². The van der Waals surface area contributed by atoms with Crippen molar-refractivity contribution >= 4 is 13.6 Å². The fraction of sp³-hybridized carbons (Fsp3) is 0.0800. The van der Waals surface area contributed by atoms with E-state index in [1.165, 1.54) is 0 Å². The number of rotatable bonds is 7. The third-order valence-corrected chi connectivity index (χ3v) is 5.80. The van der Waals surface area contributed by atoms with Crippen LogP contribution in [0.4, 0.5) is 0 Å². The fourth-order valence-electron chi connectivity index (χ4n) is 3.18. The maximum atomic E-state index is 9.45. The van der Waals surface area contributed by atoms with Crippen LogP contribution in [0.1, 0.15) is 0 Å². The van der Waals surface area contributed by atoms with E-state index in [0.717, 1.165) is 28.3 Å². The second-order valence-electron chi connectivity index (χ2n) is 7.33. The lowest BCUT2D eigenvalue weighted by atomic mass is 10.1. The van der Waals surface area contributed by atoms with Crippen LogP contribution in [0.25, 0.3) is 16.8 Å². The zero-order chi connectivity index (χ0) is 21.7. The summed E-state index contributed by atoms with van der Waals surface area (Å²) in [5.41, 5.74) is 3.25. The number of ether oxygens (including phenoxy) is 1. The van der Waals surface area contributed by atoms with Gasteiger partial charge in [0, 0.05) is 36.4 Å². The first-order chi connectivity index (χ1) is 15.0. The van der Waals surface area contributed by atoms with Crippen LogP contribution in [0.5, 0.6) is 11.5 Å². The Morgan fingerprint density at radius 2 is 1.26 bits per heavy atom. The standard InChI is InChI=1S/C25H25N2O3P/c1-31(28,29)20-19-26-15-11-21(12-16-26)22-13-17-27(18-14-22)23-7-9-25(10-8-23)30-24-5-3-2-4-6-24/h2-18,28-29H,1,19-20H2/q+2. The lowest BCUT2D eigenvalue weighted by molar-refractivity contribution is -0.692. The molecule has 4 rings (SSSR count). The maximum absolute atomic E-state index is 9.45. The molecule has 2 aromatic carbocycles. The summed E-state index contributed by atoms with van der Waals surface area (Å²) in [6.45, 7) is 0.531. The number of para-hydroxylation sites is 1. The highest BCUT2D eigenvalue weighted by Crippen LogP contribution is 2.32. The second kappa shape index (κ2) is 9.27. The number of hydrogen-bond donors (Lipinski definition) is 2. The average Bonchev–Trinajstić information content (AvgIpc) is 2.79. The summed E-state index contributed by atoms with van der Waals surface area (Å²) < 4.78 is 9.83. The number of pyridine rings is 2. The molecule has 2 heterocycles. The summed E-state index contributed by atoms with van der Waals surface area (Å²) >= 11 is 0. The summed E-state index contributed by atoms with van der Waals surface area (Å²) in [5, 5.41) is 0. The van der Waals surface area contributed by atoms with Gasteiger partial charge < -0.3 is 14.5 Å². The van der Waals surface area contributed by atoms with Gasteiger partial charge in [0.2, 0.25) is 5.69 Å². The van der Waals surface area contributed by atoms with E-state index in [-0.39, 0.29) is 6.16 Å². The highest BCUT2D eigenvalue weighted by molar-refractivity contribution is 7.62. The van der Waals surface area contributed by atoms with Crippen molar-refractivity contribution < 1.29 is 23.7 Å². The average molecular weight is 432 g/mol. The molecule has 0 fully saturated rings. The third-order valence-electron chi connectivity index (χ3n) is 4.88. The highest BCUT2D eigenvalue weighted by atomic mass is 31.2. The molecule has 0 unspecified atom stereocenters. The van der Waals surface area contributed by atoms with Gasteiger partial charge in [0.15, 0.2) is 31.3 Å². The largest absolute Gasteiger partial charge is 0.457 e. The van der Waals surface area contributed by atoms with Crippen molar-refractivity contribution in [3.63, 3.8) is 0 Å². The molecule has 156 valence electrons. The van der Waals surface area contributed by atoms with Crippen LogP contribution in [0.2, 0.25) is 0 Å². The van der Waals surface area contributed by atoms with E-state index in [9.17, 15) is 9.79 Å². The Balaban J connectivity index is 1.42. The second-order valence-corrected chi connectivity index (χ2v) is 9.53. The molecule has 0 spiro atoms. The van der Waals surface area contributed by atoms with Gasteiger partial charge in [-0.25, -0.2) is 4.57 Å². The lowest BCUT2D eigenvalue weighted by Gasteiger charge is -2.06. The molecule has 0 aliphatic rings. The van der Waals surface area contributed by atoms with E-state index in [2.05, 4.69) is 23.0 Å². The van der Waals surface area contributed by atoms with Crippen LogP contribution in [-0.2, 0) is 6.54 Å². The Kier molecular flexibility index (Phi) is 6.28. The monoisotopic (exact) mass is 432 g/mol. The molecule has 0 amide bonds. The summed E-state index contributed by atoms with van der Waals surface area (Å²) in [4.78, 5) is 18.9. The molecule has 0 aliphatic carbocycles. The molecular formula is C25H25N2O3P+2. The van der Waals surface area contributed by atoms with E-state index in [1.807, 2.05) is 96.1 Å². The van der Waals surface area contributed by atoms with Gasteiger partial charge in [0.05, 0.1) is 6.16 Å². The van der Waals surface area contributed by atoms with Crippen molar-refractivity contribution in [2.24, 2.45) is 0 Å². The molecule has 0 aliphatic heterocycles. The zero-order valence-electron chi connectivity index (χ0n) is 17.1. The SMILES string of the molecule is C=P(O)(O)CC[n+]1ccc(-c2cc[n+](-c3ccc(Oc4ccccc4)cc3)cc2)cc1. The maximum Gasteiger partial charge on any atom is 0.210 e. The highest BCUT2D eigenvalue weighted by Gasteiger charge is 2.11. The molecule has 4 aromatic rings. The molecule has 0 radical (unpaired) electrons. The first-order valence-electron chi connectivity index (χ1n) is 9.98. The molecule has 0 saturated carbocycles. The molecule has 0 bridgehead atoms. The lowest BCUT2D eigenvalue weighted by Crippen LogP contribution is -2.34.